The molecule has 3 heteroatoms. The van der Waals surface area contributed by atoms with Gasteiger partial charge in [-0.15, -0.1) is 0 Å². The Balaban J connectivity index is 2.10. The maximum atomic E-state index is 11.8. The van der Waals surface area contributed by atoms with Crippen molar-refractivity contribution in [3.8, 4) is 5.75 Å². The zero-order valence-corrected chi connectivity index (χ0v) is 12.3. The van der Waals surface area contributed by atoms with Crippen LogP contribution in [0.15, 0.2) is 36.4 Å². The molecule has 1 N–H and O–H groups in total. The van der Waals surface area contributed by atoms with Gasteiger partial charge in [0.25, 0.3) is 0 Å². The Kier molecular flexibility index (Phi) is 4.61. The molecule has 1 unspecified atom stereocenters. The number of carbonyl (C=O) groups excluding carboxylic acids is 1. The van der Waals surface area contributed by atoms with Crippen LogP contribution in [0.1, 0.15) is 25.8 Å². The molecule has 0 aliphatic carbocycles. The fraction of sp³-hybridized carbons (Fsp3) is 0.353. The van der Waals surface area contributed by atoms with Gasteiger partial charge in [0.05, 0.1) is 7.11 Å². The van der Waals surface area contributed by atoms with Crippen molar-refractivity contribution in [3.05, 3.63) is 42.0 Å². The molecular formula is C17H21NO2. The second kappa shape index (κ2) is 6.42. The summed E-state index contributed by atoms with van der Waals surface area (Å²) in [5, 5.41) is 5.27. The van der Waals surface area contributed by atoms with Crippen molar-refractivity contribution in [3.63, 3.8) is 0 Å². The molecule has 0 bridgehead atoms. The van der Waals surface area contributed by atoms with Crippen LogP contribution in [0.3, 0.4) is 0 Å². The topological polar surface area (TPSA) is 38.3 Å². The smallest absolute Gasteiger partial charge is 0.223 e. The molecule has 3 nitrogen and oxygen atoms in total. The highest BCUT2D eigenvalue weighted by atomic mass is 16.5. The maximum absolute atomic E-state index is 11.8. The van der Waals surface area contributed by atoms with E-state index in [9.17, 15) is 4.79 Å². The number of amides is 1. The van der Waals surface area contributed by atoms with Crippen LogP contribution < -0.4 is 10.1 Å². The number of rotatable bonds is 5. The average molecular weight is 271 g/mol. The first-order valence-electron chi connectivity index (χ1n) is 6.98. The van der Waals surface area contributed by atoms with Crippen molar-refractivity contribution in [2.24, 2.45) is 5.92 Å². The Morgan fingerprint density at radius 2 is 1.90 bits per heavy atom. The van der Waals surface area contributed by atoms with Gasteiger partial charge in [0.2, 0.25) is 5.91 Å². The lowest BCUT2D eigenvalue weighted by molar-refractivity contribution is -0.124. The molecule has 2 aromatic rings. The number of carbonyl (C=O) groups is 1. The molecule has 2 rings (SSSR count). The minimum atomic E-state index is 0.0692. The molecule has 0 aliphatic rings. The largest absolute Gasteiger partial charge is 0.497 e. The summed E-state index contributed by atoms with van der Waals surface area (Å²) < 4.78 is 5.21. The van der Waals surface area contributed by atoms with Gasteiger partial charge >= 0.3 is 0 Å². The normalized spacial score (nSPS) is 12.2. The summed E-state index contributed by atoms with van der Waals surface area (Å²) in [5.41, 5.74) is 1.11. The van der Waals surface area contributed by atoms with Crippen molar-refractivity contribution in [2.45, 2.75) is 26.8 Å². The van der Waals surface area contributed by atoms with Crippen LogP contribution in [0.5, 0.6) is 5.75 Å². The first-order valence-corrected chi connectivity index (χ1v) is 6.98. The minimum absolute atomic E-state index is 0.0692. The molecule has 0 radical (unpaired) electrons. The van der Waals surface area contributed by atoms with E-state index in [-0.39, 0.29) is 11.8 Å². The minimum Gasteiger partial charge on any atom is -0.497 e. The quantitative estimate of drug-likeness (QED) is 0.903. The van der Waals surface area contributed by atoms with E-state index in [4.69, 9.17) is 4.74 Å². The van der Waals surface area contributed by atoms with Crippen LogP contribution in [0.2, 0.25) is 0 Å². The summed E-state index contributed by atoms with van der Waals surface area (Å²) in [7, 11) is 1.67. The Bertz CT molecular complexity index is 607. The lowest BCUT2D eigenvalue weighted by Gasteiger charge is -2.10. The van der Waals surface area contributed by atoms with Gasteiger partial charge in [0.15, 0.2) is 0 Å². The van der Waals surface area contributed by atoms with E-state index < -0.39 is 0 Å². The van der Waals surface area contributed by atoms with E-state index in [0.717, 1.165) is 28.5 Å². The number of fused-ring (bicyclic) bond motifs is 1. The van der Waals surface area contributed by atoms with Crippen LogP contribution in [-0.4, -0.2) is 13.0 Å². The number of hydrogen-bond donors (Lipinski definition) is 1. The SMILES string of the molecule is CCC(C)C(=O)NCc1ccc2cc(OC)ccc2c1. The Labute approximate surface area is 119 Å². The van der Waals surface area contributed by atoms with Gasteiger partial charge in [-0.3, -0.25) is 4.79 Å². The van der Waals surface area contributed by atoms with Crippen molar-refractivity contribution < 1.29 is 9.53 Å². The number of ether oxygens (including phenoxy) is 1. The molecule has 2 aromatic carbocycles. The zero-order valence-electron chi connectivity index (χ0n) is 12.3. The van der Waals surface area contributed by atoms with Gasteiger partial charge < -0.3 is 10.1 Å². The van der Waals surface area contributed by atoms with E-state index in [0.29, 0.717) is 6.54 Å². The molecule has 1 amide bonds. The molecule has 0 spiro atoms. The molecule has 0 heterocycles. The standard InChI is InChI=1S/C17H21NO2/c1-4-12(2)17(19)18-11-13-5-6-15-10-16(20-3)8-7-14(15)9-13/h5-10,12H,4,11H2,1-3H3,(H,18,19). The van der Waals surface area contributed by atoms with Crippen molar-refractivity contribution >= 4 is 16.7 Å². The number of nitrogens with one attached hydrogen (secondary N) is 1. The Morgan fingerprint density at radius 1 is 1.20 bits per heavy atom. The molecule has 0 saturated heterocycles. The van der Waals surface area contributed by atoms with E-state index in [2.05, 4.69) is 17.4 Å². The highest BCUT2D eigenvalue weighted by Gasteiger charge is 2.09. The van der Waals surface area contributed by atoms with Crippen molar-refractivity contribution in [1.82, 2.24) is 5.32 Å². The van der Waals surface area contributed by atoms with Crippen LogP contribution >= 0.6 is 0 Å². The molecule has 0 fully saturated rings. The maximum Gasteiger partial charge on any atom is 0.223 e. The molecular weight excluding hydrogens is 250 g/mol. The van der Waals surface area contributed by atoms with Gasteiger partial charge in [-0.25, -0.2) is 0 Å². The van der Waals surface area contributed by atoms with Gasteiger partial charge in [-0.2, -0.15) is 0 Å². The van der Waals surface area contributed by atoms with Gasteiger partial charge in [0, 0.05) is 12.5 Å². The number of methoxy groups -OCH3 is 1. The summed E-state index contributed by atoms with van der Waals surface area (Å²) in [6.45, 7) is 4.54. The first kappa shape index (κ1) is 14.4. The van der Waals surface area contributed by atoms with Crippen LogP contribution in [-0.2, 0) is 11.3 Å². The summed E-state index contributed by atoms with van der Waals surface area (Å²) >= 11 is 0. The summed E-state index contributed by atoms with van der Waals surface area (Å²) in [6, 6.07) is 12.2. The third kappa shape index (κ3) is 3.29. The van der Waals surface area contributed by atoms with Gasteiger partial charge in [-0.1, -0.05) is 32.0 Å². The monoisotopic (exact) mass is 271 g/mol. The molecule has 106 valence electrons. The summed E-state index contributed by atoms with van der Waals surface area (Å²) in [4.78, 5) is 11.8. The molecule has 20 heavy (non-hydrogen) atoms. The zero-order chi connectivity index (χ0) is 14.5. The molecule has 0 aromatic heterocycles. The molecule has 0 aliphatic heterocycles. The van der Waals surface area contributed by atoms with E-state index in [1.165, 1.54) is 0 Å². The lowest BCUT2D eigenvalue weighted by Crippen LogP contribution is -2.28. The fourth-order valence-corrected chi connectivity index (χ4v) is 2.06. The number of benzene rings is 2. The Hall–Kier alpha value is -2.03. The van der Waals surface area contributed by atoms with Crippen molar-refractivity contribution in [2.75, 3.05) is 7.11 Å². The number of hydrogen-bond acceptors (Lipinski definition) is 2. The second-order valence-corrected chi connectivity index (χ2v) is 5.07. The predicted octanol–water partition coefficient (Wildman–Crippen LogP) is 3.51. The third-order valence-corrected chi connectivity index (χ3v) is 3.64. The lowest BCUT2D eigenvalue weighted by atomic mass is 10.1. The molecule has 0 saturated carbocycles. The van der Waals surface area contributed by atoms with E-state index in [1.54, 1.807) is 7.11 Å². The first-order chi connectivity index (χ1) is 9.63. The van der Waals surface area contributed by atoms with E-state index >= 15 is 0 Å². The highest BCUT2D eigenvalue weighted by Crippen LogP contribution is 2.21. The summed E-state index contributed by atoms with van der Waals surface area (Å²) in [6.07, 6.45) is 0.864. The highest BCUT2D eigenvalue weighted by molar-refractivity contribution is 5.84. The molecule has 1 atom stereocenters. The Morgan fingerprint density at radius 3 is 2.60 bits per heavy atom. The fourth-order valence-electron chi connectivity index (χ4n) is 2.06. The van der Waals surface area contributed by atoms with Crippen molar-refractivity contribution in [1.29, 1.82) is 0 Å². The van der Waals surface area contributed by atoms with Crippen LogP contribution in [0.25, 0.3) is 10.8 Å². The van der Waals surface area contributed by atoms with Crippen LogP contribution in [0.4, 0.5) is 0 Å². The average Bonchev–Trinajstić information content (AvgIpc) is 2.50. The van der Waals surface area contributed by atoms with Crippen LogP contribution in [0, 0.1) is 5.92 Å². The predicted molar refractivity (Wildman–Crippen MR) is 81.8 cm³/mol. The van der Waals surface area contributed by atoms with Gasteiger partial charge in [0.1, 0.15) is 5.75 Å². The van der Waals surface area contributed by atoms with Gasteiger partial charge in [-0.05, 0) is 41.0 Å². The third-order valence-electron chi connectivity index (χ3n) is 3.64. The second-order valence-electron chi connectivity index (χ2n) is 5.07. The summed E-state index contributed by atoms with van der Waals surface area (Å²) in [5.74, 6) is 1.04. The van der Waals surface area contributed by atoms with E-state index in [1.807, 2.05) is 38.1 Å².